The van der Waals surface area contributed by atoms with Gasteiger partial charge >= 0.3 is 0 Å². The lowest BCUT2D eigenvalue weighted by Crippen LogP contribution is -2.50. The number of hydrogen-bond acceptors (Lipinski definition) is 3. The Kier molecular flexibility index (Phi) is 6.50. The maximum Gasteiger partial charge on any atom is 0.228 e. The lowest BCUT2D eigenvalue weighted by molar-refractivity contribution is -0.132. The van der Waals surface area contributed by atoms with Crippen LogP contribution >= 0.6 is 0 Å². The van der Waals surface area contributed by atoms with Gasteiger partial charge in [0.1, 0.15) is 0 Å². The Morgan fingerprint density at radius 3 is 2.42 bits per heavy atom. The average molecular weight is 263 g/mol. The van der Waals surface area contributed by atoms with Gasteiger partial charge in [0, 0.05) is 37.9 Å². The van der Waals surface area contributed by atoms with Gasteiger partial charge in [-0.1, -0.05) is 12.2 Å². The maximum atomic E-state index is 12.2. The smallest absolute Gasteiger partial charge is 0.228 e. The summed E-state index contributed by atoms with van der Waals surface area (Å²) >= 11 is 0. The van der Waals surface area contributed by atoms with Crippen LogP contribution in [0, 0.1) is 0 Å². The largest absolute Gasteiger partial charge is 0.340 e. The Bertz CT molecular complexity index is 364. The first-order valence-corrected chi connectivity index (χ1v) is 6.89. The van der Waals surface area contributed by atoms with Crippen LogP contribution in [0.5, 0.6) is 0 Å². The molecule has 0 radical (unpaired) electrons. The molecular formula is C15H25N3O. The molecule has 4 nitrogen and oxygen atoms in total. The fraction of sp³-hybridized carbons (Fsp3) is 0.600. The van der Waals surface area contributed by atoms with Crippen molar-refractivity contribution in [3.63, 3.8) is 0 Å². The van der Waals surface area contributed by atoms with Gasteiger partial charge in [0.15, 0.2) is 0 Å². The van der Waals surface area contributed by atoms with Gasteiger partial charge in [0.2, 0.25) is 5.91 Å². The Balaban J connectivity index is 2.49. The number of hydrogen-bond donors (Lipinski definition) is 0. The Labute approximate surface area is 116 Å². The van der Waals surface area contributed by atoms with Crippen LogP contribution in [-0.4, -0.2) is 54.6 Å². The molecule has 1 amide bonds. The molecule has 106 valence electrons. The molecule has 4 heteroatoms. The third kappa shape index (κ3) is 4.99. The number of piperazine rings is 1. The van der Waals surface area contributed by atoms with Crippen LogP contribution in [-0.2, 0) is 4.79 Å². The monoisotopic (exact) mass is 263 g/mol. The predicted octanol–water partition coefficient (Wildman–Crippen LogP) is 2.09. The minimum absolute atomic E-state index is 0.145. The van der Waals surface area contributed by atoms with Crippen molar-refractivity contribution in [2.45, 2.75) is 33.2 Å². The molecule has 0 aromatic heterocycles. The molecule has 1 rings (SSSR count). The second-order valence-corrected chi connectivity index (χ2v) is 5.03. The lowest BCUT2D eigenvalue weighted by atomic mass is 10.2. The second-order valence-electron chi connectivity index (χ2n) is 5.03. The minimum Gasteiger partial charge on any atom is -0.340 e. The van der Waals surface area contributed by atoms with E-state index in [-0.39, 0.29) is 5.91 Å². The fourth-order valence-electron chi connectivity index (χ4n) is 2.13. The molecule has 0 saturated carbocycles. The van der Waals surface area contributed by atoms with Gasteiger partial charge in [-0.3, -0.25) is 14.7 Å². The molecule has 0 aliphatic carbocycles. The third-order valence-electron chi connectivity index (χ3n) is 3.41. The number of carbonyl (C=O) groups excluding carboxylic acids is 1. The molecule has 19 heavy (non-hydrogen) atoms. The first kappa shape index (κ1) is 15.6. The van der Waals surface area contributed by atoms with E-state index in [1.165, 1.54) is 0 Å². The number of aliphatic imine (C=N–C) groups is 1. The summed E-state index contributed by atoms with van der Waals surface area (Å²) in [6, 6.07) is 0.553. The van der Waals surface area contributed by atoms with Crippen LogP contribution in [0.4, 0.5) is 0 Å². The number of allylic oxidation sites excluding steroid dienone is 3. The van der Waals surface area contributed by atoms with E-state index in [0.29, 0.717) is 12.5 Å². The predicted molar refractivity (Wildman–Crippen MR) is 80.4 cm³/mol. The van der Waals surface area contributed by atoms with Gasteiger partial charge < -0.3 is 4.90 Å². The summed E-state index contributed by atoms with van der Waals surface area (Å²) in [5, 5.41) is 0. The van der Waals surface area contributed by atoms with Gasteiger partial charge in [-0.15, -0.1) is 0 Å². The first-order chi connectivity index (χ1) is 9.08. The van der Waals surface area contributed by atoms with Crippen LogP contribution in [0.1, 0.15) is 27.2 Å². The molecule has 1 heterocycles. The Morgan fingerprint density at radius 1 is 1.32 bits per heavy atom. The van der Waals surface area contributed by atoms with Crippen LogP contribution in [0.3, 0.4) is 0 Å². The van der Waals surface area contributed by atoms with Gasteiger partial charge in [-0.2, -0.15) is 0 Å². The van der Waals surface area contributed by atoms with Crippen LogP contribution < -0.4 is 0 Å². The van der Waals surface area contributed by atoms with E-state index >= 15 is 0 Å². The number of nitrogens with zero attached hydrogens (tertiary/aromatic N) is 3. The van der Waals surface area contributed by atoms with Gasteiger partial charge in [-0.25, -0.2) is 0 Å². The van der Waals surface area contributed by atoms with Crippen molar-refractivity contribution < 1.29 is 4.79 Å². The van der Waals surface area contributed by atoms with Gasteiger partial charge in [0.05, 0.1) is 6.42 Å². The number of rotatable bonds is 5. The van der Waals surface area contributed by atoms with E-state index in [1.807, 2.05) is 30.1 Å². The lowest BCUT2D eigenvalue weighted by Gasteiger charge is -2.37. The molecule has 1 aliphatic heterocycles. The third-order valence-corrected chi connectivity index (χ3v) is 3.41. The van der Waals surface area contributed by atoms with Crippen molar-refractivity contribution in [2.24, 2.45) is 4.99 Å². The van der Waals surface area contributed by atoms with E-state index < -0.39 is 0 Å². The van der Waals surface area contributed by atoms with Crippen LogP contribution in [0.25, 0.3) is 0 Å². The van der Waals surface area contributed by atoms with E-state index in [1.54, 1.807) is 0 Å². The summed E-state index contributed by atoms with van der Waals surface area (Å²) in [6.07, 6.45) is 5.98. The molecule has 0 N–H and O–H groups in total. The van der Waals surface area contributed by atoms with Crippen LogP contribution in [0.15, 0.2) is 28.9 Å². The summed E-state index contributed by atoms with van der Waals surface area (Å²) in [5.74, 6) is 0.145. The van der Waals surface area contributed by atoms with E-state index in [2.05, 4.69) is 30.5 Å². The highest BCUT2D eigenvalue weighted by molar-refractivity contribution is 5.79. The molecular weight excluding hydrogens is 238 g/mol. The summed E-state index contributed by atoms with van der Waals surface area (Å²) < 4.78 is 0. The molecule has 1 aliphatic rings. The second kappa shape index (κ2) is 7.89. The summed E-state index contributed by atoms with van der Waals surface area (Å²) in [7, 11) is 0. The van der Waals surface area contributed by atoms with Gasteiger partial charge in [0.25, 0.3) is 0 Å². The molecule has 0 atom stereocenters. The number of carbonyl (C=O) groups is 1. The summed E-state index contributed by atoms with van der Waals surface area (Å²) in [4.78, 5) is 20.4. The van der Waals surface area contributed by atoms with E-state index in [9.17, 15) is 4.79 Å². The van der Waals surface area contributed by atoms with E-state index in [4.69, 9.17) is 0 Å². The highest BCUT2D eigenvalue weighted by Gasteiger charge is 2.22. The van der Waals surface area contributed by atoms with Crippen LogP contribution in [0.2, 0.25) is 0 Å². The van der Waals surface area contributed by atoms with Crippen molar-refractivity contribution >= 4 is 12.6 Å². The Morgan fingerprint density at radius 2 is 1.95 bits per heavy atom. The van der Waals surface area contributed by atoms with E-state index in [0.717, 1.165) is 31.9 Å². The summed E-state index contributed by atoms with van der Waals surface area (Å²) in [5.41, 5.74) is 0.731. The zero-order chi connectivity index (χ0) is 14.3. The molecule has 0 aromatic rings. The normalized spacial score (nSPS) is 18.3. The zero-order valence-corrected chi connectivity index (χ0v) is 12.3. The van der Waals surface area contributed by atoms with Crippen molar-refractivity contribution in [3.05, 3.63) is 23.9 Å². The highest BCUT2D eigenvalue weighted by Crippen LogP contribution is 2.11. The molecule has 1 fully saturated rings. The molecule has 0 unspecified atom stereocenters. The standard InChI is InChI=1S/C15H25N3O/c1-5-6-7-14(16-4)12-15(19)18-10-8-17(9-11-18)13(2)3/h5-7,13H,4,8-12H2,1-3H3/b6-5-,14-7-. The summed E-state index contributed by atoms with van der Waals surface area (Å²) in [6.45, 7) is 13.4. The SMILES string of the molecule is C=N/C(=C\C=C/C)CC(=O)N1CCN(C(C)C)CC1. The van der Waals surface area contributed by atoms with Crippen molar-refractivity contribution in [1.29, 1.82) is 0 Å². The van der Waals surface area contributed by atoms with Crippen molar-refractivity contribution in [3.8, 4) is 0 Å². The topological polar surface area (TPSA) is 35.9 Å². The zero-order valence-electron chi connectivity index (χ0n) is 12.3. The molecule has 0 spiro atoms. The van der Waals surface area contributed by atoms with Gasteiger partial charge in [-0.05, 0) is 33.6 Å². The molecule has 0 aromatic carbocycles. The van der Waals surface area contributed by atoms with Crippen molar-refractivity contribution in [2.75, 3.05) is 26.2 Å². The maximum absolute atomic E-state index is 12.2. The quantitative estimate of drug-likeness (QED) is 0.562. The Hall–Kier alpha value is -1.42. The average Bonchev–Trinajstić information content (AvgIpc) is 2.43. The number of amides is 1. The highest BCUT2D eigenvalue weighted by atomic mass is 16.2. The minimum atomic E-state index is 0.145. The molecule has 0 bridgehead atoms. The van der Waals surface area contributed by atoms with Crippen molar-refractivity contribution in [1.82, 2.24) is 9.80 Å². The molecule has 1 saturated heterocycles. The fourth-order valence-corrected chi connectivity index (χ4v) is 2.13. The first-order valence-electron chi connectivity index (χ1n) is 6.89.